The SMILES string of the molecule is NC(=O)c1ccc(C(=O)NCCNc2ccccc2[N+](=O)[O-])cc1. The summed E-state index contributed by atoms with van der Waals surface area (Å²) in [5, 5.41) is 16.5. The van der Waals surface area contributed by atoms with Crippen LogP contribution < -0.4 is 16.4 Å². The number of primary amides is 1. The average Bonchev–Trinajstić information content (AvgIpc) is 2.58. The van der Waals surface area contributed by atoms with Gasteiger partial charge in [0.2, 0.25) is 5.91 Å². The van der Waals surface area contributed by atoms with Crippen molar-refractivity contribution in [3.8, 4) is 0 Å². The molecule has 8 heteroatoms. The van der Waals surface area contributed by atoms with Gasteiger partial charge in [-0.2, -0.15) is 0 Å². The first-order chi connectivity index (χ1) is 11.5. The third-order valence-corrected chi connectivity index (χ3v) is 3.26. The second-order valence-electron chi connectivity index (χ2n) is 4.90. The molecule has 0 heterocycles. The number of carbonyl (C=O) groups is 2. The molecule has 2 amide bonds. The fraction of sp³-hybridized carbons (Fsp3) is 0.125. The van der Waals surface area contributed by atoms with Gasteiger partial charge in [-0.3, -0.25) is 19.7 Å². The summed E-state index contributed by atoms with van der Waals surface area (Å²) in [6, 6.07) is 12.2. The van der Waals surface area contributed by atoms with Crippen LogP contribution in [0.25, 0.3) is 0 Å². The predicted molar refractivity (Wildman–Crippen MR) is 88.9 cm³/mol. The standard InChI is InChI=1S/C16H16N4O4/c17-15(21)11-5-7-12(8-6-11)16(22)19-10-9-18-13-3-1-2-4-14(13)20(23)24/h1-8,18H,9-10H2,(H2,17,21)(H,19,22). The molecule has 2 rings (SSSR count). The lowest BCUT2D eigenvalue weighted by Gasteiger charge is -2.08. The summed E-state index contributed by atoms with van der Waals surface area (Å²) in [6.45, 7) is 0.610. The van der Waals surface area contributed by atoms with Crippen molar-refractivity contribution in [2.24, 2.45) is 5.73 Å². The van der Waals surface area contributed by atoms with E-state index in [0.717, 1.165) is 0 Å². The van der Waals surface area contributed by atoms with E-state index in [4.69, 9.17) is 5.73 Å². The number of nitrogens with zero attached hydrogens (tertiary/aromatic N) is 1. The Balaban J connectivity index is 1.85. The first kappa shape index (κ1) is 16.9. The van der Waals surface area contributed by atoms with Crippen LogP contribution in [-0.4, -0.2) is 29.8 Å². The first-order valence-corrected chi connectivity index (χ1v) is 7.14. The maximum atomic E-state index is 11.9. The minimum Gasteiger partial charge on any atom is -0.378 e. The zero-order valence-corrected chi connectivity index (χ0v) is 12.7. The molecule has 0 fully saturated rings. The molecule has 0 unspecified atom stereocenters. The summed E-state index contributed by atoms with van der Waals surface area (Å²) >= 11 is 0. The molecule has 0 bridgehead atoms. The van der Waals surface area contributed by atoms with Crippen LogP contribution in [0.1, 0.15) is 20.7 Å². The van der Waals surface area contributed by atoms with E-state index >= 15 is 0 Å². The molecule has 2 aromatic carbocycles. The van der Waals surface area contributed by atoms with E-state index in [9.17, 15) is 19.7 Å². The smallest absolute Gasteiger partial charge is 0.292 e. The molecule has 8 nitrogen and oxygen atoms in total. The second kappa shape index (κ2) is 7.73. The van der Waals surface area contributed by atoms with E-state index in [-0.39, 0.29) is 18.1 Å². The Kier molecular flexibility index (Phi) is 5.45. The summed E-state index contributed by atoms with van der Waals surface area (Å²) in [4.78, 5) is 33.3. The number of nitro benzene ring substituents is 1. The average molecular weight is 328 g/mol. The maximum absolute atomic E-state index is 11.9. The van der Waals surface area contributed by atoms with Crippen LogP contribution in [0.4, 0.5) is 11.4 Å². The number of anilines is 1. The molecule has 0 aliphatic rings. The molecule has 0 atom stereocenters. The largest absolute Gasteiger partial charge is 0.378 e. The van der Waals surface area contributed by atoms with Gasteiger partial charge in [-0.1, -0.05) is 12.1 Å². The number of hydrogen-bond acceptors (Lipinski definition) is 5. The quantitative estimate of drug-likeness (QED) is 0.403. The molecule has 0 aliphatic heterocycles. The summed E-state index contributed by atoms with van der Waals surface area (Å²) in [6.07, 6.45) is 0. The van der Waals surface area contributed by atoms with Crippen molar-refractivity contribution in [2.75, 3.05) is 18.4 Å². The Morgan fingerprint density at radius 2 is 1.62 bits per heavy atom. The third kappa shape index (κ3) is 4.29. The summed E-state index contributed by atoms with van der Waals surface area (Å²) in [7, 11) is 0. The monoisotopic (exact) mass is 328 g/mol. The Labute approximate surface area is 137 Å². The molecule has 0 spiro atoms. The van der Waals surface area contributed by atoms with Crippen molar-refractivity contribution in [2.45, 2.75) is 0 Å². The maximum Gasteiger partial charge on any atom is 0.292 e. The number of benzene rings is 2. The van der Waals surface area contributed by atoms with Crippen LogP contribution in [0.15, 0.2) is 48.5 Å². The Morgan fingerprint density at radius 1 is 1.00 bits per heavy atom. The highest BCUT2D eigenvalue weighted by Gasteiger charge is 2.11. The number of nitrogens with two attached hydrogens (primary N) is 1. The molecule has 0 saturated heterocycles. The molecule has 0 saturated carbocycles. The van der Waals surface area contributed by atoms with E-state index in [1.807, 2.05) is 0 Å². The van der Waals surface area contributed by atoms with Gasteiger partial charge in [0.05, 0.1) is 4.92 Å². The van der Waals surface area contributed by atoms with Gasteiger partial charge in [-0.15, -0.1) is 0 Å². The molecule has 0 aromatic heterocycles. The van der Waals surface area contributed by atoms with Crippen molar-refractivity contribution in [3.63, 3.8) is 0 Å². The Morgan fingerprint density at radius 3 is 2.25 bits per heavy atom. The Hall–Kier alpha value is -3.42. The van der Waals surface area contributed by atoms with Gasteiger partial charge in [0.1, 0.15) is 5.69 Å². The lowest BCUT2D eigenvalue weighted by atomic mass is 10.1. The van der Waals surface area contributed by atoms with Crippen LogP contribution >= 0.6 is 0 Å². The number of para-hydroxylation sites is 2. The topological polar surface area (TPSA) is 127 Å². The van der Waals surface area contributed by atoms with Gasteiger partial charge in [0, 0.05) is 30.3 Å². The highest BCUT2D eigenvalue weighted by Crippen LogP contribution is 2.22. The van der Waals surface area contributed by atoms with E-state index in [2.05, 4.69) is 10.6 Å². The molecular weight excluding hydrogens is 312 g/mol. The predicted octanol–water partition coefficient (Wildman–Crippen LogP) is 1.54. The molecule has 0 radical (unpaired) electrons. The van der Waals surface area contributed by atoms with E-state index < -0.39 is 10.8 Å². The first-order valence-electron chi connectivity index (χ1n) is 7.14. The number of nitro groups is 1. The molecule has 24 heavy (non-hydrogen) atoms. The highest BCUT2D eigenvalue weighted by molar-refractivity contribution is 5.97. The van der Waals surface area contributed by atoms with Crippen LogP contribution in [0.2, 0.25) is 0 Å². The van der Waals surface area contributed by atoms with Crippen LogP contribution in [0, 0.1) is 10.1 Å². The number of amides is 2. The molecule has 0 aliphatic carbocycles. The number of hydrogen-bond donors (Lipinski definition) is 3. The van der Waals surface area contributed by atoms with Gasteiger partial charge < -0.3 is 16.4 Å². The summed E-state index contributed by atoms with van der Waals surface area (Å²) < 4.78 is 0. The van der Waals surface area contributed by atoms with E-state index in [0.29, 0.717) is 23.4 Å². The second-order valence-corrected chi connectivity index (χ2v) is 4.90. The third-order valence-electron chi connectivity index (χ3n) is 3.26. The van der Waals surface area contributed by atoms with Crippen molar-refractivity contribution in [3.05, 3.63) is 69.8 Å². The molecule has 2 aromatic rings. The van der Waals surface area contributed by atoms with Gasteiger partial charge in [0.25, 0.3) is 11.6 Å². The lowest BCUT2D eigenvalue weighted by Crippen LogP contribution is -2.28. The normalized spacial score (nSPS) is 10.0. The van der Waals surface area contributed by atoms with Crippen LogP contribution in [0.5, 0.6) is 0 Å². The zero-order chi connectivity index (χ0) is 17.5. The number of carbonyl (C=O) groups excluding carboxylic acids is 2. The van der Waals surface area contributed by atoms with Crippen LogP contribution in [0.3, 0.4) is 0 Å². The molecule has 4 N–H and O–H groups in total. The van der Waals surface area contributed by atoms with E-state index in [1.54, 1.807) is 18.2 Å². The van der Waals surface area contributed by atoms with Gasteiger partial charge in [-0.25, -0.2) is 0 Å². The van der Waals surface area contributed by atoms with Crippen molar-refractivity contribution in [1.29, 1.82) is 0 Å². The van der Waals surface area contributed by atoms with Gasteiger partial charge in [-0.05, 0) is 30.3 Å². The lowest BCUT2D eigenvalue weighted by molar-refractivity contribution is -0.384. The molecular formula is C16H16N4O4. The van der Waals surface area contributed by atoms with E-state index in [1.165, 1.54) is 30.3 Å². The minimum atomic E-state index is -0.560. The fourth-order valence-electron chi connectivity index (χ4n) is 2.04. The van der Waals surface area contributed by atoms with Crippen molar-refractivity contribution in [1.82, 2.24) is 5.32 Å². The van der Waals surface area contributed by atoms with Crippen molar-refractivity contribution < 1.29 is 14.5 Å². The number of nitrogens with one attached hydrogen (secondary N) is 2. The van der Waals surface area contributed by atoms with Gasteiger partial charge in [0.15, 0.2) is 0 Å². The minimum absolute atomic E-state index is 0.0223. The zero-order valence-electron chi connectivity index (χ0n) is 12.7. The van der Waals surface area contributed by atoms with Crippen LogP contribution in [-0.2, 0) is 0 Å². The van der Waals surface area contributed by atoms with Crippen molar-refractivity contribution >= 4 is 23.2 Å². The summed E-state index contributed by atoms with van der Waals surface area (Å²) in [5.74, 6) is -0.869. The summed E-state index contributed by atoms with van der Waals surface area (Å²) in [5.41, 5.74) is 6.22. The fourth-order valence-corrected chi connectivity index (χ4v) is 2.04. The van der Waals surface area contributed by atoms with Gasteiger partial charge >= 0.3 is 0 Å². The Bertz CT molecular complexity index is 759. The highest BCUT2D eigenvalue weighted by atomic mass is 16.6. The molecule has 124 valence electrons. The number of rotatable bonds is 7.